The number of aryl methyl sites for hydroxylation is 1. The fourth-order valence-electron chi connectivity index (χ4n) is 1.64. The number of rotatable bonds is 3. The van der Waals surface area contributed by atoms with Crippen LogP contribution in [0.1, 0.15) is 27.3 Å². The van der Waals surface area contributed by atoms with Crippen LogP contribution in [-0.2, 0) is 6.42 Å². The van der Waals surface area contributed by atoms with Crippen LogP contribution >= 0.6 is 0 Å². The zero-order chi connectivity index (χ0) is 12.3. The number of aromatic nitrogens is 2. The van der Waals surface area contributed by atoms with Crippen molar-refractivity contribution >= 4 is 5.97 Å². The Morgan fingerprint density at radius 1 is 1.29 bits per heavy atom. The van der Waals surface area contributed by atoms with Crippen LogP contribution in [0.15, 0.2) is 36.7 Å². The number of carboxylic acids is 1. The number of hydrogen-bond donors (Lipinski definition) is 1. The number of aromatic carboxylic acids is 1. The average molecular weight is 228 g/mol. The minimum Gasteiger partial charge on any atom is -0.478 e. The van der Waals surface area contributed by atoms with Crippen molar-refractivity contribution in [2.75, 3.05) is 0 Å². The van der Waals surface area contributed by atoms with Crippen LogP contribution in [0.3, 0.4) is 0 Å². The molecular formula is C13H12N2O2. The van der Waals surface area contributed by atoms with E-state index in [4.69, 9.17) is 5.11 Å². The van der Waals surface area contributed by atoms with Crippen LogP contribution in [0.2, 0.25) is 0 Å². The van der Waals surface area contributed by atoms with E-state index in [0.717, 1.165) is 11.3 Å². The summed E-state index contributed by atoms with van der Waals surface area (Å²) in [4.78, 5) is 19.3. The van der Waals surface area contributed by atoms with Crippen LogP contribution in [0.5, 0.6) is 0 Å². The summed E-state index contributed by atoms with van der Waals surface area (Å²) in [7, 11) is 0. The molecule has 0 bridgehead atoms. The fraction of sp³-hybridized carbons (Fsp3) is 0.154. The first-order valence-electron chi connectivity index (χ1n) is 5.25. The fourth-order valence-corrected chi connectivity index (χ4v) is 1.64. The van der Waals surface area contributed by atoms with Gasteiger partial charge in [0.05, 0.1) is 11.3 Å². The van der Waals surface area contributed by atoms with Crippen molar-refractivity contribution in [3.8, 4) is 0 Å². The normalized spacial score (nSPS) is 10.2. The van der Waals surface area contributed by atoms with E-state index < -0.39 is 5.97 Å². The lowest BCUT2D eigenvalue weighted by molar-refractivity contribution is 0.0695. The molecule has 0 radical (unpaired) electrons. The molecule has 2 rings (SSSR count). The zero-order valence-corrected chi connectivity index (χ0v) is 9.42. The molecule has 4 nitrogen and oxygen atoms in total. The summed E-state index contributed by atoms with van der Waals surface area (Å²) in [6.45, 7) is 1.97. The van der Waals surface area contributed by atoms with Crippen LogP contribution in [-0.4, -0.2) is 21.0 Å². The molecular weight excluding hydrogens is 216 g/mol. The molecule has 0 saturated heterocycles. The van der Waals surface area contributed by atoms with E-state index in [-0.39, 0.29) is 5.56 Å². The molecule has 0 aliphatic heterocycles. The van der Waals surface area contributed by atoms with Gasteiger partial charge in [0.1, 0.15) is 0 Å². The van der Waals surface area contributed by atoms with Crippen molar-refractivity contribution < 1.29 is 9.90 Å². The first-order valence-corrected chi connectivity index (χ1v) is 5.25. The lowest BCUT2D eigenvalue weighted by Gasteiger charge is -2.04. The second-order valence-electron chi connectivity index (χ2n) is 3.80. The highest BCUT2D eigenvalue weighted by atomic mass is 16.4. The van der Waals surface area contributed by atoms with Gasteiger partial charge in [0, 0.05) is 24.5 Å². The van der Waals surface area contributed by atoms with Gasteiger partial charge in [-0.15, -0.1) is 0 Å². The van der Waals surface area contributed by atoms with Crippen LogP contribution < -0.4 is 0 Å². The molecule has 4 heteroatoms. The van der Waals surface area contributed by atoms with Gasteiger partial charge in [-0.05, 0) is 36.8 Å². The summed E-state index contributed by atoms with van der Waals surface area (Å²) in [6.07, 6.45) is 3.75. The first kappa shape index (κ1) is 11.3. The number of nitrogens with zero attached hydrogens (tertiary/aromatic N) is 2. The Bertz CT molecular complexity index is 553. The van der Waals surface area contributed by atoms with Gasteiger partial charge in [-0.1, -0.05) is 0 Å². The second kappa shape index (κ2) is 4.74. The van der Waals surface area contributed by atoms with Crippen molar-refractivity contribution in [1.29, 1.82) is 0 Å². The third kappa shape index (κ3) is 2.66. The van der Waals surface area contributed by atoms with E-state index in [1.807, 2.05) is 19.1 Å². The van der Waals surface area contributed by atoms with Crippen molar-refractivity contribution in [2.45, 2.75) is 13.3 Å². The molecule has 0 unspecified atom stereocenters. The molecule has 0 aliphatic rings. The van der Waals surface area contributed by atoms with Gasteiger partial charge in [-0.25, -0.2) is 4.79 Å². The van der Waals surface area contributed by atoms with Gasteiger partial charge in [0.2, 0.25) is 0 Å². The van der Waals surface area contributed by atoms with E-state index in [2.05, 4.69) is 9.97 Å². The molecule has 1 N–H and O–H groups in total. The summed E-state index contributed by atoms with van der Waals surface area (Å²) in [5.41, 5.74) is 2.70. The summed E-state index contributed by atoms with van der Waals surface area (Å²) in [6, 6.07) is 7.01. The first-order chi connectivity index (χ1) is 8.16. The van der Waals surface area contributed by atoms with Gasteiger partial charge >= 0.3 is 5.97 Å². The van der Waals surface area contributed by atoms with Crippen molar-refractivity contribution in [2.24, 2.45) is 0 Å². The van der Waals surface area contributed by atoms with E-state index in [0.29, 0.717) is 12.1 Å². The summed E-state index contributed by atoms with van der Waals surface area (Å²) >= 11 is 0. The quantitative estimate of drug-likeness (QED) is 0.873. The maximum atomic E-state index is 11.0. The van der Waals surface area contributed by atoms with Gasteiger partial charge in [0.15, 0.2) is 0 Å². The molecule has 0 atom stereocenters. The van der Waals surface area contributed by atoms with Crippen molar-refractivity contribution in [3.05, 3.63) is 59.2 Å². The summed E-state index contributed by atoms with van der Waals surface area (Å²) < 4.78 is 0. The molecule has 0 spiro atoms. The number of hydrogen-bond acceptors (Lipinski definition) is 3. The Morgan fingerprint density at radius 2 is 2.12 bits per heavy atom. The maximum absolute atomic E-state index is 11.0. The molecule has 86 valence electrons. The monoisotopic (exact) mass is 228 g/mol. The van der Waals surface area contributed by atoms with Crippen molar-refractivity contribution in [1.82, 2.24) is 9.97 Å². The summed E-state index contributed by atoms with van der Waals surface area (Å²) in [5.74, 6) is -0.958. The Kier molecular flexibility index (Phi) is 3.14. The molecule has 0 aromatic carbocycles. The molecule has 0 aliphatic carbocycles. The topological polar surface area (TPSA) is 63.1 Å². The molecule has 17 heavy (non-hydrogen) atoms. The van der Waals surface area contributed by atoms with E-state index in [1.54, 1.807) is 24.5 Å². The predicted molar refractivity (Wildman–Crippen MR) is 63.0 cm³/mol. The highest BCUT2D eigenvalue weighted by molar-refractivity contribution is 5.88. The molecule has 0 saturated carbocycles. The minimum absolute atomic E-state index is 0.232. The van der Waals surface area contributed by atoms with Gasteiger partial charge in [0.25, 0.3) is 0 Å². The van der Waals surface area contributed by atoms with Gasteiger partial charge in [-0.3, -0.25) is 9.97 Å². The predicted octanol–water partition coefficient (Wildman–Crippen LogP) is 2.07. The largest absolute Gasteiger partial charge is 0.478 e. The van der Waals surface area contributed by atoms with Crippen molar-refractivity contribution in [3.63, 3.8) is 0 Å². The minimum atomic E-state index is -0.958. The van der Waals surface area contributed by atoms with E-state index in [9.17, 15) is 4.79 Å². The molecule has 2 aromatic heterocycles. The lowest BCUT2D eigenvalue weighted by Crippen LogP contribution is -2.05. The SMILES string of the molecule is Cc1ccnc(Cc2ncccc2C(=O)O)c1. The standard InChI is InChI=1S/C13H12N2O2/c1-9-4-6-14-10(7-9)8-12-11(13(16)17)3-2-5-15-12/h2-7H,8H2,1H3,(H,16,17). The van der Waals surface area contributed by atoms with E-state index >= 15 is 0 Å². The maximum Gasteiger partial charge on any atom is 0.337 e. The van der Waals surface area contributed by atoms with Crippen LogP contribution in [0, 0.1) is 6.92 Å². The molecule has 0 fully saturated rings. The number of pyridine rings is 2. The third-order valence-corrected chi connectivity index (χ3v) is 2.44. The smallest absolute Gasteiger partial charge is 0.337 e. The Morgan fingerprint density at radius 3 is 2.82 bits per heavy atom. The molecule has 0 amide bonds. The zero-order valence-electron chi connectivity index (χ0n) is 9.42. The third-order valence-electron chi connectivity index (χ3n) is 2.44. The number of carbonyl (C=O) groups is 1. The second-order valence-corrected chi connectivity index (χ2v) is 3.80. The Balaban J connectivity index is 2.33. The number of carboxylic acid groups (broad SMARTS) is 1. The van der Waals surface area contributed by atoms with Crippen LogP contribution in [0.4, 0.5) is 0 Å². The summed E-state index contributed by atoms with van der Waals surface area (Å²) in [5, 5.41) is 9.04. The van der Waals surface area contributed by atoms with Gasteiger partial charge in [-0.2, -0.15) is 0 Å². The average Bonchev–Trinajstić information content (AvgIpc) is 2.29. The lowest BCUT2D eigenvalue weighted by atomic mass is 10.1. The Labute approximate surface area is 99.0 Å². The Hall–Kier alpha value is -2.23. The van der Waals surface area contributed by atoms with E-state index in [1.165, 1.54) is 0 Å². The highest BCUT2D eigenvalue weighted by Gasteiger charge is 2.11. The van der Waals surface area contributed by atoms with Crippen LogP contribution in [0.25, 0.3) is 0 Å². The van der Waals surface area contributed by atoms with Gasteiger partial charge < -0.3 is 5.11 Å². The molecule has 2 heterocycles. The highest BCUT2D eigenvalue weighted by Crippen LogP contribution is 2.11. The molecule has 2 aromatic rings.